The molecule has 26 heavy (non-hydrogen) atoms. The van der Waals surface area contributed by atoms with Crippen molar-refractivity contribution >= 4 is 23.3 Å². The first kappa shape index (κ1) is 20.0. The second-order valence-corrected chi connectivity index (χ2v) is 6.55. The Morgan fingerprint density at radius 1 is 0.962 bits per heavy atom. The Bertz CT molecular complexity index is 701. The zero-order valence-corrected chi connectivity index (χ0v) is 15.7. The van der Waals surface area contributed by atoms with Crippen LogP contribution < -0.4 is 4.74 Å². The minimum absolute atomic E-state index is 0.00344. The van der Waals surface area contributed by atoms with Crippen LogP contribution in [0.1, 0.15) is 36.0 Å². The molecule has 0 bridgehead atoms. The molecular formula is C21H24ClNO3. The van der Waals surface area contributed by atoms with Gasteiger partial charge in [0, 0.05) is 37.0 Å². The molecule has 0 unspecified atom stereocenters. The molecule has 1 amide bonds. The highest BCUT2D eigenvalue weighted by Crippen LogP contribution is 2.15. The van der Waals surface area contributed by atoms with Gasteiger partial charge in [-0.05, 0) is 37.1 Å². The number of carbonyl (C=O) groups is 2. The number of ketones is 1. The Morgan fingerprint density at radius 3 is 2.35 bits per heavy atom. The topological polar surface area (TPSA) is 46.6 Å². The van der Waals surface area contributed by atoms with Gasteiger partial charge in [-0.2, -0.15) is 0 Å². The number of unbranched alkanes of at least 4 members (excludes halogenated alkanes) is 1. The predicted octanol–water partition coefficient (Wildman–Crippen LogP) is 4.62. The van der Waals surface area contributed by atoms with E-state index in [2.05, 4.69) is 0 Å². The molecule has 0 saturated carbocycles. The number of Topliss-reactive ketones (excluding diaryl/α,β-unsaturated/α-hetero) is 1. The average Bonchev–Trinajstić information content (AvgIpc) is 2.67. The number of amides is 1. The Hall–Kier alpha value is -2.33. The molecule has 138 valence electrons. The number of benzene rings is 2. The van der Waals surface area contributed by atoms with Crippen LogP contribution in [0.4, 0.5) is 0 Å². The molecule has 2 aromatic rings. The summed E-state index contributed by atoms with van der Waals surface area (Å²) in [7, 11) is 1.77. The molecule has 5 heteroatoms. The van der Waals surface area contributed by atoms with Crippen LogP contribution in [0.15, 0.2) is 54.6 Å². The van der Waals surface area contributed by atoms with Gasteiger partial charge in [0.05, 0.1) is 6.61 Å². The van der Waals surface area contributed by atoms with E-state index in [-0.39, 0.29) is 24.5 Å². The molecule has 0 aliphatic heterocycles. The van der Waals surface area contributed by atoms with E-state index in [0.717, 1.165) is 18.6 Å². The molecule has 0 spiro atoms. The first-order valence-corrected chi connectivity index (χ1v) is 9.14. The van der Waals surface area contributed by atoms with Crippen molar-refractivity contribution < 1.29 is 14.3 Å². The number of hydrogen-bond donors (Lipinski definition) is 0. The lowest BCUT2D eigenvalue weighted by molar-refractivity contribution is -0.129. The lowest BCUT2D eigenvalue weighted by Crippen LogP contribution is -2.28. The minimum Gasteiger partial charge on any atom is -0.494 e. The van der Waals surface area contributed by atoms with E-state index in [0.29, 0.717) is 23.7 Å². The molecule has 2 aromatic carbocycles. The molecule has 2 rings (SSSR count). The van der Waals surface area contributed by atoms with Crippen molar-refractivity contribution in [1.29, 1.82) is 0 Å². The monoisotopic (exact) mass is 373 g/mol. The number of halogens is 1. The van der Waals surface area contributed by atoms with E-state index in [9.17, 15) is 9.59 Å². The van der Waals surface area contributed by atoms with E-state index in [1.54, 1.807) is 36.2 Å². The van der Waals surface area contributed by atoms with Crippen LogP contribution in [0.3, 0.4) is 0 Å². The third-order valence-electron chi connectivity index (χ3n) is 4.06. The summed E-state index contributed by atoms with van der Waals surface area (Å²) in [6, 6.07) is 16.3. The standard InChI is InChI=1S/C21H24ClNO3/c1-23(15-5-6-16-26-19-11-9-18(22)10-12-19)21(25)14-13-20(24)17-7-3-2-4-8-17/h2-4,7-12H,5-6,13-16H2,1H3. The van der Waals surface area contributed by atoms with Crippen LogP contribution in [-0.4, -0.2) is 36.8 Å². The maximum absolute atomic E-state index is 12.1. The van der Waals surface area contributed by atoms with Gasteiger partial charge in [0.2, 0.25) is 5.91 Å². The highest BCUT2D eigenvalue weighted by molar-refractivity contribution is 6.30. The molecule has 0 atom stereocenters. The van der Waals surface area contributed by atoms with Crippen LogP contribution in [-0.2, 0) is 4.79 Å². The second-order valence-electron chi connectivity index (χ2n) is 6.11. The molecule has 0 aliphatic rings. The van der Waals surface area contributed by atoms with Gasteiger partial charge in [0.25, 0.3) is 0 Å². The largest absolute Gasteiger partial charge is 0.494 e. The van der Waals surface area contributed by atoms with Crippen molar-refractivity contribution in [3.63, 3.8) is 0 Å². The zero-order valence-electron chi connectivity index (χ0n) is 15.0. The number of hydrogen-bond acceptors (Lipinski definition) is 3. The number of ether oxygens (including phenoxy) is 1. The summed E-state index contributed by atoms with van der Waals surface area (Å²) >= 11 is 5.83. The highest BCUT2D eigenvalue weighted by Gasteiger charge is 2.12. The van der Waals surface area contributed by atoms with E-state index in [1.165, 1.54) is 0 Å². The Kier molecular flexibility index (Phi) is 8.16. The van der Waals surface area contributed by atoms with Gasteiger partial charge in [-0.3, -0.25) is 9.59 Å². The van der Waals surface area contributed by atoms with Crippen molar-refractivity contribution in [3.05, 3.63) is 65.2 Å². The molecule has 0 heterocycles. The predicted molar refractivity (Wildman–Crippen MR) is 104 cm³/mol. The summed E-state index contributed by atoms with van der Waals surface area (Å²) in [5.41, 5.74) is 0.655. The number of rotatable bonds is 10. The fraction of sp³-hybridized carbons (Fsp3) is 0.333. The molecular weight excluding hydrogens is 350 g/mol. The molecule has 0 aromatic heterocycles. The van der Waals surface area contributed by atoms with Crippen LogP contribution in [0.25, 0.3) is 0 Å². The zero-order chi connectivity index (χ0) is 18.8. The SMILES string of the molecule is CN(CCCCOc1ccc(Cl)cc1)C(=O)CCC(=O)c1ccccc1. The highest BCUT2D eigenvalue weighted by atomic mass is 35.5. The van der Waals surface area contributed by atoms with Crippen molar-refractivity contribution in [2.45, 2.75) is 25.7 Å². The van der Waals surface area contributed by atoms with Crippen LogP contribution >= 0.6 is 11.6 Å². The molecule has 0 N–H and O–H groups in total. The molecule has 0 radical (unpaired) electrons. The first-order chi connectivity index (χ1) is 12.6. The van der Waals surface area contributed by atoms with Gasteiger partial charge >= 0.3 is 0 Å². The van der Waals surface area contributed by atoms with E-state index < -0.39 is 0 Å². The Labute approximate surface area is 159 Å². The first-order valence-electron chi connectivity index (χ1n) is 8.77. The molecule has 4 nitrogen and oxygen atoms in total. The number of nitrogens with zero attached hydrogens (tertiary/aromatic N) is 1. The summed E-state index contributed by atoms with van der Waals surface area (Å²) in [6.07, 6.45) is 2.18. The molecule has 0 saturated heterocycles. The second kappa shape index (κ2) is 10.6. The smallest absolute Gasteiger partial charge is 0.222 e. The molecule has 0 fully saturated rings. The van der Waals surface area contributed by atoms with Crippen LogP contribution in [0, 0.1) is 0 Å². The average molecular weight is 374 g/mol. The lowest BCUT2D eigenvalue weighted by atomic mass is 10.1. The quantitative estimate of drug-likeness (QED) is 0.451. The van der Waals surface area contributed by atoms with Gasteiger partial charge in [0.1, 0.15) is 5.75 Å². The maximum atomic E-state index is 12.1. The third kappa shape index (κ3) is 6.89. The summed E-state index contributed by atoms with van der Waals surface area (Å²) < 4.78 is 5.62. The van der Waals surface area contributed by atoms with Gasteiger partial charge in [-0.25, -0.2) is 0 Å². The van der Waals surface area contributed by atoms with Gasteiger partial charge in [-0.15, -0.1) is 0 Å². The summed E-state index contributed by atoms with van der Waals surface area (Å²) in [5, 5.41) is 0.684. The van der Waals surface area contributed by atoms with E-state index in [4.69, 9.17) is 16.3 Å². The summed E-state index contributed by atoms with van der Waals surface area (Å²) in [5.74, 6) is 0.787. The summed E-state index contributed by atoms with van der Waals surface area (Å²) in [6.45, 7) is 1.25. The maximum Gasteiger partial charge on any atom is 0.222 e. The van der Waals surface area contributed by atoms with Gasteiger partial charge in [-0.1, -0.05) is 41.9 Å². The lowest BCUT2D eigenvalue weighted by Gasteiger charge is -2.17. The fourth-order valence-electron chi connectivity index (χ4n) is 2.48. The van der Waals surface area contributed by atoms with Gasteiger partial charge in [0.15, 0.2) is 5.78 Å². The molecule has 0 aliphatic carbocycles. The fourth-order valence-corrected chi connectivity index (χ4v) is 2.60. The summed E-state index contributed by atoms with van der Waals surface area (Å²) in [4.78, 5) is 25.8. The Balaban J connectivity index is 1.59. The number of carbonyl (C=O) groups excluding carboxylic acids is 2. The van der Waals surface area contributed by atoms with Crippen LogP contribution in [0.5, 0.6) is 5.75 Å². The van der Waals surface area contributed by atoms with E-state index >= 15 is 0 Å². The van der Waals surface area contributed by atoms with Crippen molar-refractivity contribution in [3.8, 4) is 5.75 Å². The Morgan fingerprint density at radius 2 is 1.65 bits per heavy atom. The normalized spacial score (nSPS) is 10.4. The third-order valence-corrected chi connectivity index (χ3v) is 4.31. The van der Waals surface area contributed by atoms with Crippen molar-refractivity contribution in [1.82, 2.24) is 4.90 Å². The van der Waals surface area contributed by atoms with Gasteiger partial charge < -0.3 is 9.64 Å². The van der Waals surface area contributed by atoms with Crippen LogP contribution in [0.2, 0.25) is 5.02 Å². The van der Waals surface area contributed by atoms with Crippen molar-refractivity contribution in [2.75, 3.05) is 20.2 Å². The minimum atomic E-state index is -0.00657. The van der Waals surface area contributed by atoms with E-state index in [1.807, 2.05) is 30.3 Å². The van der Waals surface area contributed by atoms with Crippen molar-refractivity contribution in [2.24, 2.45) is 0 Å².